The lowest BCUT2D eigenvalue weighted by atomic mass is 9.92. The summed E-state index contributed by atoms with van der Waals surface area (Å²) < 4.78 is 6.18. The van der Waals surface area contributed by atoms with Crippen LogP contribution in [-0.4, -0.2) is 42.4 Å². The molecule has 0 amide bonds. The molecule has 2 aliphatic rings. The van der Waals surface area contributed by atoms with Crippen LogP contribution in [0.1, 0.15) is 67.4 Å². The van der Waals surface area contributed by atoms with Gasteiger partial charge in [-0.1, -0.05) is 11.8 Å². The first-order valence-corrected chi connectivity index (χ1v) is 10.6. The SMILES string of the molecule is CC(C)(C)C#Cc1cc(N[C@H]2CC[C@H](O[C@@H]3CCNC3)CC2)c(C(=O)O)s1. The van der Waals surface area contributed by atoms with Gasteiger partial charge in [0.2, 0.25) is 0 Å². The number of anilines is 1. The van der Waals surface area contributed by atoms with Gasteiger partial charge >= 0.3 is 5.97 Å². The van der Waals surface area contributed by atoms with Crippen LogP contribution < -0.4 is 10.6 Å². The Hall–Kier alpha value is -1.55. The van der Waals surface area contributed by atoms with Gasteiger partial charge in [-0.3, -0.25) is 0 Å². The number of nitrogens with one attached hydrogen (secondary N) is 2. The lowest BCUT2D eigenvalue weighted by molar-refractivity contribution is -0.0211. The smallest absolute Gasteiger partial charge is 0.348 e. The molecular weight excluding hydrogens is 360 g/mol. The molecular formula is C21H30N2O3S. The maximum absolute atomic E-state index is 11.6. The average Bonchev–Trinajstić information content (AvgIpc) is 3.24. The van der Waals surface area contributed by atoms with Crippen LogP contribution in [0.4, 0.5) is 5.69 Å². The number of hydrogen-bond acceptors (Lipinski definition) is 5. The molecule has 1 aliphatic heterocycles. The van der Waals surface area contributed by atoms with Crippen LogP contribution >= 0.6 is 11.3 Å². The van der Waals surface area contributed by atoms with Gasteiger partial charge in [-0.25, -0.2) is 4.79 Å². The summed E-state index contributed by atoms with van der Waals surface area (Å²) >= 11 is 1.25. The van der Waals surface area contributed by atoms with E-state index in [1.807, 2.05) is 26.8 Å². The van der Waals surface area contributed by atoms with Crippen LogP contribution in [-0.2, 0) is 4.74 Å². The molecule has 1 aromatic rings. The van der Waals surface area contributed by atoms with E-state index in [0.29, 0.717) is 28.8 Å². The van der Waals surface area contributed by atoms with Crippen molar-refractivity contribution >= 4 is 23.0 Å². The van der Waals surface area contributed by atoms with Gasteiger partial charge in [-0.05, 0) is 65.5 Å². The summed E-state index contributed by atoms with van der Waals surface area (Å²) in [5.74, 6) is 5.41. The third-order valence-corrected chi connectivity index (χ3v) is 5.96. The Bertz CT molecular complexity index is 712. The first-order valence-electron chi connectivity index (χ1n) is 9.83. The van der Waals surface area contributed by atoms with Crippen LogP contribution in [0.2, 0.25) is 0 Å². The van der Waals surface area contributed by atoms with Crippen molar-refractivity contribution in [3.63, 3.8) is 0 Å². The number of carboxylic acids is 1. The maximum Gasteiger partial charge on any atom is 0.348 e. The van der Waals surface area contributed by atoms with Crippen LogP contribution in [0.15, 0.2) is 6.07 Å². The molecule has 6 heteroatoms. The first-order chi connectivity index (χ1) is 12.8. The zero-order chi connectivity index (χ0) is 19.4. The number of rotatable bonds is 5. The second-order valence-electron chi connectivity index (χ2n) is 8.53. The molecule has 1 saturated heterocycles. The monoisotopic (exact) mass is 390 g/mol. The summed E-state index contributed by atoms with van der Waals surface area (Å²) in [4.78, 5) is 12.8. The van der Waals surface area contributed by atoms with Crippen LogP contribution in [0.25, 0.3) is 0 Å². The Balaban J connectivity index is 1.59. The Morgan fingerprint density at radius 3 is 2.59 bits per heavy atom. The molecule has 0 aromatic carbocycles. The Kier molecular flexibility index (Phi) is 6.46. The molecule has 148 valence electrons. The van der Waals surface area contributed by atoms with E-state index in [0.717, 1.165) is 50.1 Å². The molecule has 1 atom stereocenters. The van der Waals surface area contributed by atoms with Crippen LogP contribution in [0.3, 0.4) is 0 Å². The predicted molar refractivity (Wildman–Crippen MR) is 110 cm³/mol. The van der Waals surface area contributed by atoms with Gasteiger partial charge in [0.1, 0.15) is 4.88 Å². The summed E-state index contributed by atoms with van der Waals surface area (Å²) in [5.41, 5.74) is 0.601. The Morgan fingerprint density at radius 1 is 1.26 bits per heavy atom. The van der Waals surface area contributed by atoms with Gasteiger partial charge in [0, 0.05) is 18.0 Å². The lowest BCUT2D eigenvalue weighted by Gasteiger charge is -2.31. The third kappa shape index (κ3) is 5.97. The van der Waals surface area contributed by atoms with Gasteiger partial charge in [0.25, 0.3) is 0 Å². The third-order valence-electron chi connectivity index (χ3n) is 4.92. The Morgan fingerprint density at radius 2 is 2.00 bits per heavy atom. The van der Waals surface area contributed by atoms with E-state index in [9.17, 15) is 9.90 Å². The van der Waals surface area contributed by atoms with E-state index in [4.69, 9.17) is 4.74 Å². The van der Waals surface area contributed by atoms with Crippen molar-refractivity contribution < 1.29 is 14.6 Å². The van der Waals surface area contributed by atoms with E-state index in [1.54, 1.807) is 0 Å². The summed E-state index contributed by atoms with van der Waals surface area (Å²) in [7, 11) is 0. The summed E-state index contributed by atoms with van der Waals surface area (Å²) in [5, 5.41) is 16.3. The fraction of sp³-hybridized carbons (Fsp3) is 0.667. The predicted octanol–water partition coefficient (Wildman–Crippen LogP) is 3.95. The number of hydrogen-bond donors (Lipinski definition) is 3. The van der Waals surface area contributed by atoms with Crippen LogP contribution in [0.5, 0.6) is 0 Å². The maximum atomic E-state index is 11.6. The summed E-state index contributed by atoms with van der Waals surface area (Å²) in [6, 6.07) is 2.18. The van der Waals surface area contributed by atoms with Crippen molar-refractivity contribution in [1.29, 1.82) is 0 Å². The number of aromatic carboxylic acids is 1. The molecule has 0 bridgehead atoms. The van der Waals surface area contributed by atoms with Gasteiger partial charge in [-0.15, -0.1) is 11.3 Å². The van der Waals surface area contributed by atoms with Gasteiger partial charge < -0.3 is 20.5 Å². The lowest BCUT2D eigenvalue weighted by Crippen LogP contribution is -2.32. The largest absolute Gasteiger partial charge is 0.477 e. The van der Waals surface area contributed by atoms with Gasteiger partial charge in [-0.2, -0.15) is 0 Å². The minimum absolute atomic E-state index is 0.103. The molecule has 2 fully saturated rings. The topological polar surface area (TPSA) is 70.6 Å². The minimum Gasteiger partial charge on any atom is -0.477 e. The highest BCUT2D eigenvalue weighted by Crippen LogP contribution is 2.31. The fourth-order valence-corrected chi connectivity index (χ4v) is 4.36. The minimum atomic E-state index is -0.892. The molecule has 0 spiro atoms. The van der Waals surface area contributed by atoms with E-state index in [1.165, 1.54) is 11.3 Å². The molecule has 3 rings (SSSR count). The summed E-state index contributed by atoms with van der Waals surface area (Å²) in [6.45, 7) is 8.17. The highest BCUT2D eigenvalue weighted by Gasteiger charge is 2.27. The van der Waals surface area contributed by atoms with Crippen molar-refractivity contribution in [3.05, 3.63) is 15.8 Å². The number of thiophene rings is 1. The van der Waals surface area contributed by atoms with Gasteiger partial charge in [0.05, 0.1) is 22.8 Å². The first kappa shape index (κ1) is 20.2. The van der Waals surface area contributed by atoms with Crippen LogP contribution in [0, 0.1) is 17.3 Å². The Labute approximate surface area is 165 Å². The molecule has 0 radical (unpaired) electrons. The van der Waals surface area contributed by atoms with Crippen molar-refractivity contribution in [2.75, 3.05) is 18.4 Å². The van der Waals surface area contributed by atoms with E-state index in [-0.39, 0.29) is 5.41 Å². The van der Waals surface area contributed by atoms with Crippen molar-refractivity contribution in [2.45, 2.75) is 71.1 Å². The van der Waals surface area contributed by atoms with E-state index >= 15 is 0 Å². The second-order valence-corrected chi connectivity index (χ2v) is 9.58. The molecule has 1 aliphatic carbocycles. The highest BCUT2D eigenvalue weighted by atomic mass is 32.1. The molecule has 5 nitrogen and oxygen atoms in total. The summed E-state index contributed by atoms with van der Waals surface area (Å²) in [6.07, 6.45) is 5.86. The highest BCUT2D eigenvalue weighted by molar-refractivity contribution is 7.15. The molecule has 0 unspecified atom stereocenters. The zero-order valence-electron chi connectivity index (χ0n) is 16.4. The van der Waals surface area contributed by atoms with E-state index < -0.39 is 5.97 Å². The van der Waals surface area contributed by atoms with Crippen molar-refractivity contribution in [3.8, 4) is 11.8 Å². The van der Waals surface area contributed by atoms with Gasteiger partial charge in [0.15, 0.2) is 0 Å². The number of ether oxygens (including phenoxy) is 1. The standard InChI is InChI=1S/C21H30N2O3S/c1-21(2,3)10-8-17-12-18(19(27-17)20(24)25)23-14-4-6-15(7-5-14)26-16-9-11-22-13-16/h12,14-16,22-23H,4-7,9,11,13H2,1-3H3,(H,24,25)/t14-,15-,16-/m1/s1. The number of carbonyl (C=O) groups is 1. The fourth-order valence-electron chi connectivity index (χ4n) is 3.55. The molecule has 27 heavy (non-hydrogen) atoms. The zero-order valence-corrected chi connectivity index (χ0v) is 17.2. The number of carboxylic acid groups (broad SMARTS) is 1. The second kappa shape index (κ2) is 8.64. The molecule has 1 saturated carbocycles. The molecule has 2 heterocycles. The molecule has 3 N–H and O–H groups in total. The molecule has 1 aromatic heterocycles. The normalized spacial score (nSPS) is 25.7. The quantitative estimate of drug-likeness (QED) is 0.664. The van der Waals surface area contributed by atoms with E-state index in [2.05, 4.69) is 22.5 Å². The average molecular weight is 391 g/mol. The van der Waals surface area contributed by atoms with Crippen molar-refractivity contribution in [1.82, 2.24) is 5.32 Å². The van der Waals surface area contributed by atoms with Crippen molar-refractivity contribution in [2.24, 2.45) is 5.41 Å².